The predicted molar refractivity (Wildman–Crippen MR) is 85.2 cm³/mol. The van der Waals surface area contributed by atoms with E-state index in [4.69, 9.17) is 5.26 Å². The molecule has 1 aliphatic rings. The first-order valence-corrected chi connectivity index (χ1v) is 7.95. The standard InChI is InChI=1S/C17H14N2O2S/c18-10-14(16(20)12-3-4-12)17(21)19-13-7-5-11(6-8-13)15-2-1-9-22-15/h1-2,5-9,12,14H,3-4H2,(H,19,21). The first-order chi connectivity index (χ1) is 10.7. The summed E-state index contributed by atoms with van der Waals surface area (Å²) < 4.78 is 0. The van der Waals surface area contributed by atoms with Gasteiger partial charge in [0, 0.05) is 16.5 Å². The van der Waals surface area contributed by atoms with Gasteiger partial charge in [0.25, 0.3) is 0 Å². The van der Waals surface area contributed by atoms with E-state index in [1.165, 1.54) is 0 Å². The molecule has 5 heteroatoms. The third-order valence-electron chi connectivity index (χ3n) is 3.61. The van der Waals surface area contributed by atoms with E-state index in [2.05, 4.69) is 5.32 Å². The number of nitrogens with one attached hydrogen (secondary N) is 1. The second-order valence-electron chi connectivity index (χ2n) is 5.28. The molecule has 1 unspecified atom stereocenters. The number of nitrogens with zero attached hydrogens (tertiary/aromatic N) is 1. The lowest BCUT2D eigenvalue weighted by atomic mass is 10.0. The molecule has 1 saturated carbocycles. The van der Waals surface area contributed by atoms with Crippen LogP contribution in [0.25, 0.3) is 10.4 Å². The number of rotatable bonds is 5. The van der Waals surface area contributed by atoms with Gasteiger partial charge in [-0.3, -0.25) is 9.59 Å². The van der Waals surface area contributed by atoms with Crippen molar-refractivity contribution in [3.05, 3.63) is 41.8 Å². The van der Waals surface area contributed by atoms with Gasteiger partial charge in [-0.15, -0.1) is 11.3 Å². The molecule has 0 spiro atoms. The molecule has 4 nitrogen and oxygen atoms in total. The maximum atomic E-state index is 12.1. The maximum absolute atomic E-state index is 12.1. The SMILES string of the molecule is N#CC(C(=O)Nc1ccc(-c2cccs2)cc1)C(=O)C1CC1. The Balaban J connectivity index is 1.68. The molecule has 1 aliphatic carbocycles. The molecule has 3 rings (SSSR count). The van der Waals surface area contributed by atoms with Crippen LogP contribution in [0.15, 0.2) is 41.8 Å². The summed E-state index contributed by atoms with van der Waals surface area (Å²) in [4.78, 5) is 25.1. The lowest BCUT2D eigenvalue weighted by molar-refractivity contribution is -0.129. The van der Waals surface area contributed by atoms with Crippen molar-refractivity contribution < 1.29 is 9.59 Å². The second kappa shape index (κ2) is 6.12. The molecule has 1 aromatic heterocycles. The molecule has 1 amide bonds. The number of carbonyl (C=O) groups excluding carboxylic acids is 2. The third kappa shape index (κ3) is 3.07. The number of amides is 1. The molecule has 0 bridgehead atoms. The Morgan fingerprint density at radius 1 is 1.23 bits per heavy atom. The summed E-state index contributed by atoms with van der Waals surface area (Å²) in [6.45, 7) is 0. The Bertz CT molecular complexity index is 725. The van der Waals surface area contributed by atoms with Crippen molar-refractivity contribution in [2.24, 2.45) is 11.8 Å². The minimum Gasteiger partial charge on any atom is -0.325 e. The predicted octanol–water partition coefficient (Wildman–Crippen LogP) is 3.47. The average molecular weight is 310 g/mol. The van der Waals surface area contributed by atoms with Gasteiger partial charge < -0.3 is 5.32 Å². The van der Waals surface area contributed by atoms with Gasteiger partial charge >= 0.3 is 0 Å². The van der Waals surface area contributed by atoms with Gasteiger partial charge in [0.2, 0.25) is 5.91 Å². The number of anilines is 1. The second-order valence-corrected chi connectivity index (χ2v) is 6.23. The maximum Gasteiger partial charge on any atom is 0.249 e. The van der Waals surface area contributed by atoms with Crippen LogP contribution in [-0.4, -0.2) is 11.7 Å². The van der Waals surface area contributed by atoms with E-state index in [1.54, 1.807) is 23.5 Å². The van der Waals surface area contributed by atoms with Crippen LogP contribution in [0.2, 0.25) is 0 Å². The lowest BCUT2D eigenvalue weighted by Crippen LogP contribution is -2.29. The average Bonchev–Trinajstić information content (AvgIpc) is 3.24. The van der Waals surface area contributed by atoms with Crippen molar-refractivity contribution >= 4 is 28.7 Å². The number of nitriles is 1. The van der Waals surface area contributed by atoms with Crippen LogP contribution in [0, 0.1) is 23.2 Å². The third-order valence-corrected chi connectivity index (χ3v) is 4.53. The number of benzene rings is 1. The summed E-state index contributed by atoms with van der Waals surface area (Å²) in [5.74, 6) is -2.10. The van der Waals surface area contributed by atoms with Crippen molar-refractivity contribution in [1.29, 1.82) is 5.26 Å². The van der Waals surface area contributed by atoms with Gasteiger partial charge in [0.1, 0.15) is 0 Å². The zero-order valence-electron chi connectivity index (χ0n) is 11.8. The zero-order valence-corrected chi connectivity index (χ0v) is 12.6. The molecule has 0 aliphatic heterocycles. The van der Waals surface area contributed by atoms with Crippen molar-refractivity contribution in [3.63, 3.8) is 0 Å². The number of thiophene rings is 1. The lowest BCUT2D eigenvalue weighted by Gasteiger charge is -2.09. The van der Waals surface area contributed by atoms with Crippen molar-refractivity contribution in [1.82, 2.24) is 0 Å². The summed E-state index contributed by atoms with van der Waals surface area (Å²) in [6.07, 6.45) is 1.58. The minimum atomic E-state index is -1.20. The fourth-order valence-electron chi connectivity index (χ4n) is 2.23. The fourth-order valence-corrected chi connectivity index (χ4v) is 2.96. The Kier molecular flexibility index (Phi) is 4.03. The van der Waals surface area contributed by atoms with Crippen molar-refractivity contribution in [2.75, 3.05) is 5.32 Å². The van der Waals surface area contributed by atoms with Crippen LogP contribution >= 0.6 is 11.3 Å². The van der Waals surface area contributed by atoms with Crippen LogP contribution in [-0.2, 0) is 9.59 Å². The molecule has 22 heavy (non-hydrogen) atoms. The summed E-state index contributed by atoms with van der Waals surface area (Å²) in [7, 11) is 0. The highest BCUT2D eigenvalue weighted by atomic mass is 32.1. The normalized spacial score (nSPS) is 14.9. The Labute approximate surface area is 132 Å². The Morgan fingerprint density at radius 3 is 2.50 bits per heavy atom. The monoisotopic (exact) mass is 310 g/mol. The Hall–Kier alpha value is -2.45. The van der Waals surface area contributed by atoms with Crippen LogP contribution in [0.4, 0.5) is 5.69 Å². The van der Waals surface area contributed by atoms with Gasteiger partial charge in [0.15, 0.2) is 11.7 Å². The molecule has 1 fully saturated rings. The highest BCUT2D eigenvalue weighted by Crippen LogP contribution is 2.32. The van der Waals surface area contributed by atoms with Crippen LogP contribution in [0.1, 0.15) is 12.8 Å². The van der Waals surface area contributed by atoms with Gasteiger partial charge in [-0.1, -0.05) is 18.2 Å². The fraction of sp³-hybridized carbons (Fsp3) is 0.235. The van der Waals surface area contributed by atoms with E-state index in [1.807, 2.05) is 35.7 Å². The van der Waals surface area contributed by atoms with E-state index in [0.717, 1.165) is 23.3 Å². The molecule has 1 atom stereocenters. The molecule has 1 heterocycles. The van der Waals surface area contributed by atoms with Crippen LogP contribution in [0.5, 0.6) is 0 Å². The molecule has 1 N–H and O–H groups in total. The van der Waals surface area contributed by atoms with Crippen LogP contribution in [0.3, 0.4) is 0 Å². The Morgan fingerprint density at radius 2 is 1.95 bits per heavy atom. The largest absolute Gasteiger partial charge is 0.325 e. The summed E-state index contributed by atoms with van der Waals surface area (Å²) in [6, 6.07) is 13.2. The van der Waals surface area contributed by atoms with E-state index in [0.29, 0.717) is 5.69 Å². The number of hydrogen-bond acceptors (Lipinski definition) is 4. The molecular formula is C17H14N2O2S. The first-order valence-electron chi connectivity index (χ1n) is 7.07. The number of ketones is 1. The van der Waals surface area contributed by atoms with Gasteiger partial charge in [-0.2, -0.15) is 5.26 Å². The number of carbonyl (C=O) groups is 2. The van der Waals surface area contributed by atoms with E-state index in [-0.39, 0.29) is 11.7 Å². The first kappa shape index (κ1) is 14.5. The van der Waals surface area contributed by atoms with E-state index in [9.17, 15) is 9.59 Å². The van der Waals surface area contributed by atoms with Crippen molar-refractivity contribution in [3.8, 4) is 16.5 Å². The summed E-state index contributed by atoms with van der Waals surface area (Å²) in [5.41, 5.74) is 1.66. The number of Topliss-reactive ketones (excluding diaryl/α,β-unsaturated/α-hetero) is 1. The topological polar surface area (TPSA) is 70.0 Å². The highest BCUT2D eigenvalue weighted by molar-refractivity contribution is 7.13. The van der Waals surface area contributed by atoms with Gasteiger partial charge in [0.05, 0.1) is 6.07 Å². The number of hydrogen-bond donors (Lipinski definition) is 1. The smallest absolute Gasteiger partial charge is 0.249 e. The minimum absolute atomic E-state index is 0.100. The van der Waals surface area contributed by atoms with E-state index < -0.39 is 11.8 Å². The highest BCUT2D eigenvalue weighted by Gasteiger charge is 2.38. The van der Waals surface area contributed by atoms with Crippen LogP contribution < -0.4 is 5.32 Å². The molecule has 1 aromatic carbocycles. The molecule has 0 saturated heterocycles. The summed E-state index contributed by atoms with van der Waals surface area (Å²) >= 11 is 1.64. The molecule has 2 aromatic rings. The summed E-state index contributed by atoms with van der Waals surface area (Å²) in [5, 5.41) is 13.7. The van der Waals surface area contributed by atoms with Crippen molar-refractivity contribution in [2.45, 2.75) is 12.8 Å². The molecular weight excluding hydrogens is 296 g/mol. The molecule has 110 valence electrons. The molecule has 0 radical (unpaired) electrons. The zero-order chi connectivity index (χ0) is 15.5. The van der Waals surface area contributed by atoms with Gasteiger partial charge in [-0.25, -0.2) is 0 Å². The van der Waals surface area contributed by atoms with E-state index >= 15 is 0 Å². The van der Waals surface area contributed by atoms with Gasteiger partial charge in [-0.05, 0) is 42.0 Å². The quantitative estimate of drug-likeness (QED) is 0.860.